The Morgan fingerprint density at radius 3 is 2.25 bits per heavy atom. The fraction of sp³-hybridized carbons (Fsp3) is 0.467. The van der Waals surface area contributed by atoms with Crippen LogP contribution in [0.2, 0.25) is 0 Å². The zero-order valence-corrected chi connectivity index (χ0v) is 11.8. The normalized spacial score (nSPS) is 21.9. The lowest BCUT2D eigenvalue weighted by Crippen LogP contribution is -2.57. The Kier molecular flexibility index (Phi) is 3.81. The molecule has 2 rings (SSSR count). The van der Waals surface area contributed by atoms with E-state index in [4.69, 9.17) is 9.84 Å². The van der Waals surface area contributed by atoms with Gasteiger partial charge < -0.3 is 15.2 Å². The van der Waals surface area contributed by atoms with Crippen LogP contribution < -0.4 is 5.32 Å². The zero-order valence-electron chi connectivity index (χ0n) is 11.8. The molecule has 0 saturated carbocycles. The molecule has 1 aliphatic heterocycles. The van der Waals surface area contributed by atoms with Gasteiger partial charge in [-0.25, -0.2) is 4.79 Å². The van der Waals surface area contributed by atoms with Crippen molar-refractivity contribution in [3.63, 3.8) is 0 Å². The minimum Gasteiger partial charge on any atom is -0.478 e. The Hall–Kier alpha value is -1.88. The average Bonchev–Trinajstić information content (AvgIpc) is 2.25. The van der Waals surface area contributed by atoms with Crippen molar-refractivity contribution in [2.24, 2.45) is 0 Å². The number of carboxylic acids is 1. The van der Waals surface area contributed by atoms with E-state index in [9.17, 15) is 9.59 Å². The van der Waals surface area contributed by atoms with Crippen LogP contribution in [0.3, 0.4) is 0 Å². The third-order valence-corrected chi connectivity index (χ3v) is 3.21. The van der Waals surface area contributed by atoms with Crippen LogP contribution >= 0.6 is 0 Å². The first-order valence-electron chi connectivity index (χ1n) is 6.57. The lowest BCUT2D eigenvalue weighted by molar-refractivity contribution is -0.160. The monoisotopic (exact) mass is 277 g/mol. The second-order valence-corrected chi connectivity index (χ2v) is 5.95. The van der Waals surface area contributed by atoms with E-state index in [0.29, 0.717) is 6.54 Å². The molecule has 0 amide bonds. The summed E-state index contributed by atoms with van der Waals surface area (Å²) in [5.41, 5.74) is 0.686. The number of ether oxygens (including phenoxy) is 1. The van der Waals surface area contributed by atoms with E-state index < -0.39 is 11.6 Å². The number of hydrogen-bond acceptors (Lipinski definition) is 4. The maximum absolute atomic E-state index is 12.0. The summed E-state index contributed by atoms with van der Waals surface area (Å²) in [7, 11) is 0. The van der Waals surface area contributed by atoms with Crippen molar-refractivity contribution in [2.45, 2.75) is 38.3 Å². The highest BCUT2D eigenvalue weighted by molar-refractivity contribution is 5.87. The predicted octanol–water partition coefficient (Wildman–Crippen LogP) is 1.78. The molecule has 5 heteroatoms. The maximum atomic E-state index is 12.0. The number of nitrogens with one attached hydrogen (secondary N) is 1. The Morgan fingerprint density at radius 1 is 1.25 bits per heavy atom. The summed E-state index contributed by atoms with van der Waals surface area (Å²) in [6.07, 6.45) is 0. The molecule has 1 aliphatic rings. The average molecular weight is 277 g/mol. The van der Waals surface area contributed by atoms with Crippen LogP contribution in [0, 0.1) is 0 Å². The van der Waals surface area contributed by atoms with Gasteiger partial charge in [0.2, 0.25) is 0 Å². The van der Waals surface area contributed by atoms with Crippen LogP contribution in [0.1, 0.15) is 42.6 Å². The molecule has 0 spiro atoms. The number of carbonyl (C=O) groups excluding carboxylic acids is 1. The lowest BCUT2D eigenvalue weighted by atomic mass is 9.84. The number of esters is 1. The summed E-state index contributed by atoms with van der Waals surface area (Å²) in [5, 5.41) is 11.9. The van der Waals surface area contributed by atoms with Crippen molar-refractivity contribution in [3.05, 3.63) is 35.4 Å². The van der Waals surface area contributed by atoms with Gasteiger partial charge in [-0.15, -0.1) is 0 Å². The quantitative estimate of drug-likeness (QED) is 0.824. The van der Waals surface area contributed by atoms with Crippen LogP contribution in [-0.4, -0.2) is 35.2 Å². The van der Waals surface area contributed by atoms with Gasteiger partial charge in [-0.05, 0) is 38.5 Å². The van der Waals surface area contributed by atoms with Crippen molar-refractivity contribution >= 4 is 11.9 Å². The molecule has 0 aromatic heterocycles. The molecule has 20 heavy (non-hydrogen) atoms. The predicted molar refractivity (Wildman–Crippen MR) is 73.8 cm³/mol. The third kappa shape index (κ3) is 3.17. The van der Waals surface area contributed by atoms with E-state index in [1.165, 1.54) is 0 Å². The molecule has 0 aliphatic carbocycles. The molecule has 0 unspecified atom stereocenters. The Labute approximate surface area is 117 Å². The molecule has 0 bridgehead atoms. The standard InChI is InChI=1S/C15H19NO4/c1-15(2,3)20-14(19)12-11(8-16-12)9-4-6-10(7-5-9)13(17)18/h4-7,11-12,16H,8H2,1-3H3,(H,17,18)/t11-,12+/m0/s1. The number of benzene rings is 1. The molecule has 1 fully saturated rings. The topological polar surface area (TPSA) is 75.6 Å². The zero-order chi connectivity index (χ0) is 14.9. The van der Waals surface area contributed by atoms with E-state index in [0.717, 1.165) is 5.56 Å². The van der Waals surface area contributed by atoms with Gasteiger partial charge in [0, 0.05) is 12.5 Å². The molecule has 5 nitrogen and oxygen atoms in total. The number of rotatable bonds is 3. The third-order valence-electron chi connectivity index (χ3n) is 3.21. The van der Waals surface area contributed by atoms with Gasteiger partial charge in [0.1, 0.15) is 11.6 Å². The van der Waals surface area contributed by atoms with Crippen molar-refractivity contribution in [2.75, 3.05) is 6.54 Å². The van der Waals surface area contributed by atoms with Crippen LogP contribution in [0.5, 0.6) is 0 Å². The van der Waals surface area contributed by atoms with E-state index >= 15 is 0 Å². The molecule has 2 atom stereocenters. The van der Waals surface area contributed by atoms with Crippen molar-refractivity contribution in [1.29, 1.82) is 0 Å². The molecular weight excluding hydrogens is 258 g/mol. The Morgan fingerprint density at radius 2 is 1.85 bits per heavy atom. The maximum Gasteiger partial charge on any atom is 0.335 e. The first kappa shape index (κ1) is 14.5. The number of carbonyl (C=O) groups is 2. The Bertz CT molecular complexity index is 516. The molecule has 1 saturated heterocycles. The molecule has 0 radical (unpaired) electrons. The summed E-state index contributed by atoms with van der Waals surface area (Å²) >= 11 is 0. The number of hydrogen-bond donors (Lipinski definition) is 2. The van der Waals surface area contributed by atoms with Gasteiger partial charge in [0.05, 0.1) is 5.56 Å². The van der Waals surface area contributed by atoms with Crippen molar-refractivity contribution in [3.8, 4) is 0 Å². The fourth-order valence-electron chi connectivity index (χ4n) is 2.15. The molecule has 1 aromatic rings. The van der Waals surface area contributed by atoms with E-state index in [2.05, 4.69) is 5.32 Å². The van der Waals surface area contributed by atoms with Crippen LogP contribution in [0.4, 0.5) is 0 Å². The van der Waals surface area contributed by atoms with Crippen LogP contribution in [-0.2, 0) is 9.53 Å². The Balaban J connectivity index is 2.06. The highest BCUT2D eigenvalue weighted by Gasteiger charge is 2.39. The van der Waals surface area contributed by atoms with Gasteiger partial charge in [-0.3, -0.25) is 4.79 Å². The summed E-state index contributed by atoms with van der Waals surface area (Å²) in [5.74, 6) is -1.18. The number of aromatic carboxylic acids is 1. The van der Waals surface area contributed by atoms with Gasteiger partial charge in [-0.1, -0.05) is 12.1 Å². The molecule has 1 aromatic carbocycles. The van der Waals surface area contributed by atoms with Crippen molar-refractivity contribution in [1.82, 2.24) is 5.32 Å². The molecule has 108 valence electrons. The first-order valence-corrected chi connectivity index (χ1v) is 6.57. The number of carboxylic acid groups (broad SMARTS) is 1. The van der Waals surface area contributed by atoms with Gasteiger partial charge in [-0.2, -0.15) is 0 Å². The fourth-order valence-corrected chi connectivity index (χ4v) is 2.15. The molecule has 2 N–H and O–H groups in total. The highest BCUT2D eigenvalue weighted by atomic mass is 16.6. The van der Waals surface area contributed by atoms with Gasteiger partial charge in [0.15, 0.2) is 0 Å². The first-order chi connectivity index (χ1) is 9.28. The second-order valence-electron chi connectivity index (χ2n) is 5.95. The summed E-state index contributed by atoms with van der Waals surface area (Å²) in [6, 6.07) is 6.27. The minimum absolute atomic E-state index is 0.0349. The largest absolute Gasteiger partial charge is 0.478 e. The van der Waals surface area contributed by atoms with E-state index in [1.807, 2.05) is 20.8 Å². The van der Waals surface area contributed by atoms with Gasteiger partial charge >= 0.3 is 11.9 Å². The highest BCUT2D eigenvalue weighted by Crippen LogP contribution is 2.28. The summed E-state index contributed by atoms with van der Waals surface area (Å²) < 4.78 is 5.36. The lowest BCUT2D eigenvalue weighted by Gasteiger charge is -2.38. The molecular formula is C15H19NO4. The van der Waals surface area contributed by atoms with Crippen LogP contribution in [0.15, 0.2) is 24.3 Å². The SMILES string of the molecule is CC(C)(C)OC(=O)[C@@H]1NC[C@H]1c1ccc(C(=O)O)cc1. The second kappa shape index (κ2) is 5.25. The minimum atomic E-state index is -0.952. The van der Waals surface area contributed by atoms with Crippen molar-refractivity contribution < 1.29 is 19.4 Å². The smallest absolute Gasteiger partial charge is 0.335 e. The molecule has 1 heterocycles. The van der Waals surface area contributed by atoms with E-state index in [-0.39, 0.29) is 23.5 Å². The summed E-state index contributed by atoms with van der Waals surface area (Å²) in [4.78, 5) is 22.8. The van der Waals surface area contributed by atoms with Crippen LogP contribution in [0.25, 0.3) is 0 Å². The summed E-state index contributed by atoms with van der Waals surface area (Å²) in [6.45, 7) is 6.19. The van der Waals surface area contributed by atoms with E-state index in [1.54, 1.807) is 24.3 Å². The van der Waals surface area contributed by atoms with Gasteiger partial charge in [0.25, 0.3) is 0 Å².